The second-order valence-corrected chi connectivity index (χ2v) is 17.8. The van der Waals surface area contributed by atoms with Crippen molar-refractivity contribution in [3.8, 4) is 0 Å². The van der Waals surface area contributed by atoms with E-state index in [1.165, 1.54) is 47.3 Å². The molecule has 0 saturated heterocycles. The SMILES string of the molecule is COC(=O)c1sccc1N.FC(F)(F)c1nc(Cl)c2sccc2n1.N=C(N)C(F)(F)F.O=P(Cl)(Cl)Cl.O=c1[nH]c(C(F)(F)F)nc2ccsc12. The fourth-order valence-electron chi connectivity index (χ4n) is 2.54. The number of carbonyl (C=O) groups is 1. The molecule has 0 aromatic carbocycles. The molecule has 0 aliphatic rings. The molecule has 0 aliphatic carbocycles. The second-order valence-electron chi connectivity index (χ2n) is 8.02. The van der Waals surface area contributed by atoms with Crippen LogP contribution in [0, 0.1) is 5.41 Å². The summed E-state index contributed by atoms with van der Waals surface area (Å²) in [4.78, 5) is 33.9. The van der Waals surface area contributed by atoms with Crippen molar-refractivity contribution in [3.05, 3.63) is 66.4 Å². The number of nitrogens with two attached hydrogens (primary N) is 2. The van der Waals surface area contributed by atoms with E-state index in [4.69, 9.17) is 22.7 Å². The molecule has 0 unspecified atom stereocenters. The highest BCUT2D eigenvalue weighted by Gasteiger charge is 2.36. The number of esters is 1. The lowest BCUT2D eigenvalue weighted by Gasteiger charge is -2.04. The van der Waals surface area contributed by atoms with Crippen LogP contribution in [0.2, 0.25) is 5.15 Å². The number of anilines is 1. The zero-order chi connectivity index (χ0) is 38.8. The van der Waals surface area contributed by atoms with Gasteiger partial charge in [0.2, 0.25) is 11.6 Å². The van der Waals surface area contributed by atoms with E-state index in [1.54, 1.807) is 21.8 Å². The molecule has 276 valence electrons. The fraction of sp³-hybridized carbons (Fsp3) is 0.182. The van der Waals surface area contributed by atoms with Crippen LogP contribution in [0.4, 0.5) is 45.2 Å². The Labute approximate surface area is 303 Å². The quantitative estimate of drug-likeness (QED) is 0.0317. The van der Waals surface area contributed by atoms with E-state index in [-0.39, 0.29) is 26.9 Å². The van der Waals surface area contributed by atoms with Crippen LogP contribution < -0.4 is 17.0 Å². The van der Waals surface area contributed by atoms with Gasteiger partial charge in [0.1, 0.15) is 9.58 Å². The third kappa shape index (κ3) is 15.5. The van der Waals surface area contributed by atoms with Crippen LogP contribution in [0.25, 0.3) is 20.4 Å². The molecule has 5 aromatic heterocycles. The predicted molar refractivity (Wildman–Crippen MR) is 176 cm³/mol. The first kappa shape index (κ1) is 45.1. The number of nitrogen functional groups attached to an aromatic ring is 1. The average Bonchev–Trinajstić information content (AvgIpc) is 3.72. The van der Waals surface area contributed by atoms with E-state index in [9.17, 15) is 53.7 Å². The largest absolute Gasteiger partial charge is 0.465 e. The number of amidine groups is 1. The number of methoxy groups -OCH3 is 1. The number of nitrogens with zero attached hydrogens (tertiary/aromatic N) is 3. The Morgan fingerprint density at radius 1 is 0.880 bits per heavy atom. The molecule has 5 aromatic rings. The Balaban J connectivity index is 0.000000328. The van der Waals surface area contributed by atoms with E-state index in [2.05, 4.69) is 59.1 Å². The summed E-state index contributed by atoms with van der Waals surface area (Å²) in [6, 6.07) is 4.53. The molecule has 0 bridgehead atoms. The number of alkyl halides is 9. The number of H-pyrrole nitrogens is 1. The first-order valence-corrected chi connectivity index (χ1v) is 19.1. The molecular weight excluding hydrogens is 866 g/mol. The van der Waals surface area contributed by atoms with Crippen molar-refractivity contribution < 1.29 is 53.6 Å². The summed E-state index contributed by atoms with van der Waals surface area (Å²) in [5.41, 5.74) is 9.48. The van der Waals surface area contributed by atoms with Crippen LogP contribution in [-0.4, -0.2) is 45.0 Å². The molecule has 0 saturated carbocycles. The number of fused-ring (bicyclic) bond motifs is 2. The van der Waals surface area contributed by atoms with Gasteiger partial charge in [-0.05, 0) is 68.1 Å². The van der Waals surface area contributed by atoms with Gasteiger partial charge in [-0.2, -0.15) is 39.5 Å². The number of thiophene rings is 3. The molecule has 0 amide bonds. The molecule has 0 atom stereocenters. The van der Waals surface area contributed by atoms with Crippen LogP contribution in [-0.2, 0) is 21.7 Å². The standard InChI is InChI=1S/C7H2ClF3N2S.C7H3F3N2OS.C6H7NO2S.C2H3F3N2.Cl3OP/c8-5-4-3(1-2-14-4)12-6(13-5)7(9,10)11;8-7(9,10)6-11-3-1-2-14-4(3)5(13)12-6;1-9-6(8)5-4(7)2-3-10-5;3-2(4,5)1(6)7;1-5(2,3)4/h1-2H;1-2H,(H,11,12,13);2-3H,7H2,1H3;(H3,6,7);. The van der Waals surface area contributed by atoms with Gasteiger partial charge >= 0.3 is 29.7 Å². The van der Waals surface area contributed by atoms with E-state index < -0.39 is 46.8 Å². The summed E-state index contributed by atoms with van der Waals surface area (Å²) in [5, 5.41) is 7.31. The lowest BCUT2D eigenvalue weighted by Crippen LogP contribution is -2.29. The summed E-state index contributed by atoms with van der Waals surface area (Å²) in [6.07, 6.45) is -13.8. The minimum Gasteiger partial charge on any atom is -0.465 e. The number of rotatable bonds is 1. The van der Waals surface area contributed by atoms with Gasteiger partial charge in [-0.15, -0.1) is 34.0 Å². The smallest absolute Gasteiger partial charge is 0.451 e. The third-order valence-corrected chi connectivity index (χ3v) is 7.58. The zero-order valence-electron chi connectivity index (χ0n) is 23.7. The number of hydrogen-bond donors (Lipinski definition) is 4. The number of ether oxygens (including phenoxy) is 1. The normalized spacial score (nSPS) is 11.5. The predicted octanol–water partition coefficient (Wildman–Crippen LogP) is 9.78. The van der Waals surface area contributed by atoms with Crippen molar-refractivity contribution in [3.63, 3.8) is 0 Å². The zero-order valence-corrected chi connectivity index (χ0v) is 30.0. The number of aromatic nitrogens is 4. The van der Waals surface area contributed by atoms with Crippen LogP contribution >= 0.6 is 84.5 Å². The molecule has 6 N–H and O–H groups in total. The van der Waals surface area contributed by atoms with Gasteiger partial charge in [-0.25, -0.2) is 19.7 Å². The van der Waals surface area contributed by atoms with Crippen molar-refractivity contribution in [1.82, 2.24) is 19.9 Å². The van der Waals surface area contributed by atoms with Gasteiger partial charge in [0.05, 0.1) is 28.5 Å². The number of halogens is 13. The third-order valence-electron chi connectivity index (χ3n) is 4.47. The van der Waals surface area contributed by atoms with Gasteiger partial charge in [0.15, 0.2) is 11.0 Å². The maximum Gasteiger partial charge on any atom is 0.451 e. The first-order valence-electron chi connectivity index (χ1n) is 11.7. The lowest BCUT2D eigenvalue weighted by atomic mass is 10.4. The average molecular weight is 881 g/mol. The topological polar surface area (TPSA) is 191 Å². The fourth-order valence-corrected chi connectivity index (χ4v) is 5.02. The van der Waals surface area contributed by atoms with E-state index in [1.807, 2.05) is 0 Å². The summed E-state index contributed by atoms with van der Waals surface area (Å²) in [7, 11) is 1.33. The van der Waals surface area contributed by atoms with Gasteiger partial charge in [-0.3, -0.25) is 14.8 Å². The monoisotopic (exact) mass is 879 g/mol. The lowest BCUT2D eigenvalue weighted by molar-refractivity contribution is -0.145. The summed E-state index contributed by atoms with van der Waals surface area (Å²) in [6.45, 7) is 0. The molecule has 5 rings (SSSR count). The molecule has 50 heavy (non-hydrogen) atoms. The van der Waals surface area contributed by atoms with Gasteiger partial charge in [-0.1, -0.05) is 11.6 Å². The van der Waals surface area contributed by atoms with Crippen molar-refractivity contribution in [1.29, 1.82) is 5.41 Å². The number of nitrogens with one attached hydrogen (secondary N) is 2. The maximum atomic E-state index is 12.2. The number of hydrogen-bond acceptors (Lipinski definition) is 12. The van der Waals surface area contributed by atoms with Crippen LogP contribution in [0.1, 0.15) is 21.3 Å². The molecule has 28 heteroatoms. The Morgan fingerprint density at radius 2 is 1.34 bits per heavy atom. The van der Waals surface area contributed by atoms with Gasteiger partial charge in [0.25, 0.3) is 5.56 Å². The Kier molecular flexibility index (Phi) is 16.7. The van der Waals surface area contributed by atoms with Gasteiger partial charge < -0.3 is 21.2 Å². The Morgan fingerprint density at radius 3 is 1.74 bits per heavy atom. The van der Waals surface area contributed by atoms with Crippen molar-refractivity contribution in [2.75, 3.05) is 12.8 Å². The van der Waals surface area contributed by atoms with Crippen LogP contribution in [0.5, 0.6) is 0 Å². The summed E-state index contributed by atoms with van der Waals surface area (Å²) in [5.74, 6) is -4.58. The van der Waals surface area contributed by atoms with Crippen molar-refractivity contribution >= 4 is 122 Å². The van der Waals surface area contributed by atoms with Crippen LogP contribution in [0.3, 0.4) is 0 Å². The highest BCUT2D eigenvalue weighted by molar-refractivity contribution is 8.24. The maximum absolute atomic E-state index is 12.2. The first-order chi connectivity index (χ1) is 22.7. The molecule has 0 spiro atoms. The van der Waals surface area contributed by atoms with Gasteiger partial charge in [0, 0.05) is 0 Å². The summed E-state index contributed by atoms with van der Waals surface area (Å²) < 4.78 is 120. The van der Waals surface area contributed by atoms with E-state index in [0.717, 1.165) is 11.3 Å². The molecule has 0 radical (unpaired) electrons. The Bertz CT molecular complexity index is 2000. The Hall–Kier alpha value is -2.92. The highest BCUT2D eigenvalue weighted by Crippen LogP contribution is 2.61. The number of carbonyl (C=O) groups excluding carboxylic acids is 1. The van der Waals surface area contributed by atoms with E-state index in [0.29, 0.717) is 15.3 Å². The minimum atomic E-state index is -4.64. The minimum absolute atomic E-state index is 0.0751. The summed E-state index contributed by atoms with van der Waals surface area (Å²) >= 11 is 23.0. The molecule has 11 nitrogen and oxygen atoms in total. The molecule has 0 fully saturated rings. The van der Waals surface area contributed by atoms with E-state index >= 15 is 0 Å². The van der Waals surface area contributed by atoms with Crippen LogP contribution in [0.15, 0.2) is 39.1 Å². The second kappa shape index (κ2) is 18.5. The van der Waals surface area contributed by atoms with Crippen molar-refractivity contribution in [2.24, 2.45) is 5.73 Å². The molecule has 5 heterocycles. The molecule has 0 aliphatic heterocycles. The molecular formula is C22H15Cl4F9N7O4PS3. The van der Waals surface area contributed by atoms with Crippen molar-refractivity contribution in [2.45, 2.75) is 18.5 Å². The highest BCUT2D eigenvalue weighted by atomic mass is 36.0. The number of aromatic amines is 1.